The van der Waals surface area contributed by atoms with Crippen LogP contribution in [0.2, 0.25) is 0 Å². The zero-order chi connectivity index (χ0) is 12.6. The number of carbonyl (C=O) groups is 3. The number of fused-ring (bicyclic) bond motifs is 1. The van der Waals surface area contributed by atoms with Crippen LogP contribution in [0.5, 0.6) is 0 Å². The summed E-state index contributed by atoms with van der Waals surface area (Å²) in [6, 6.07) is -0.475. The number of piperidine rings is 1. The molecule has 2 amide bonds. The van der Waals surface area contributed by atoms with Crippen molar-refractivity contribution in [1.82, 2.24) is 10.2 Å². The summed E-state index contributed by atoms with van der Waals surface area (Å²) < 4.78 is 4.61. The SMILES string of the molecule is CNC(CCN1C(=O)C2CC2C1=O)C(=O)OC. The van der Waals surface area contributed by atoms with E-state index < -0.39 is 6.04 Å². The molecule has 2 rings (SSSR count). The number of methoxy groups -OCH3 is 1. The quantitative estimate of drug-likeness (QED) is 0.500. The van der Waals surface area contributed by atoms with Gasteiger partial charge in [-0.2, -0.15) is 0 Å². The molecule has 3 unspecified atom stereocenters. The number of ether oxygens (including phenoxy) is 1. The van der Waals surface area contributed by atoms with Crippen LogP contribution in [0.25, 0.3) is 0 Å². The summed E-state index contributed by atoms with van der Waals surface area (Å²) in [5.74, 6) is -0.696. The number of carbonyl (C=O) groups excluding carboxylic acids is 3. The molecule has 0 aromatic carbocycles. The molecule has 6 nitrogen and oxygen atoms in total. The largest absolute Gasteiger partial charge is 0.468 e. The van der Waals surface area contributed by atoms with Gasteiger partial charge in [-0.1, -0.05) is 0 Å². The Kier molecular flexibility index (Phi) is 3.15. The van der Waals surface area contributed by atoms with Gasteiger partial charge in [0.25, 0.3) is 0 Å². The average Bonchev–Trinajstić information content (AvgIpc) is 3.08. The average molecular weight is 240 g/mol. The fourth-order valence-corrected chi connectivity index (χ4v) is 2.25. The minimum Gasteiger partial charge on any atom is -0.468 e. The van der Waals surface area contributed by atoms with Crippen molar-refractivity contribution in [2.45, 2.75) is 18.9 Å². The van der Waals surface area contributed by atoms with Crippen molar-refractivity contribution < 1.29 is 19.1 Å². The van der Waals surface area contributed by atoms with E-state index in [4.69, 9.17) is 0 Å². The molecule has 94 valence electrons. The number of amides is 2. The predicted molar refractivity (Wildman–Crippen MR) is 57.8 cm³/mol. The highest BCUT2D eigenvalue weighted by Gasteiger charge is 2.58. The molecule has 1 N–H and O–H groups in total. The lowest BCUT2D eigenvalue weighted by Gasteiger charge is -2.19. The van der Waals surface area contributed by atoms with Gasteiger partial charge in [0, 0.05) is 6.54 Å². The van der Waals surface area contributed by atoms with Crippen molar-refractivity contribution in [2.24, 2.45) is 11.8 Å². The van der Waals surface area contributed by atoms with E-state index in [1.807, 2.05) is 0 Å². The molecule has 3 atom stereocenters. The Bertz CT molecular complexity index is 348. The summed E-state index contributed by atoms with van der Waals surface area (Å²) in [7, 11) is 2.96. The maximum atomic E-state index is 11.7. The van der Waals surface area contributed by atoms with E-state index in [2.05, 4.69) is 10.1 Å². The molecule has 1 saturated heterocycles. The van der Waals surface area contributed by atoms with Crippen LogP contribution >= 0.6 is 0 Å². The molecule has 1 aliphatic carbocycles. The first-order chi connectivity index (χ1) is 8.10. The van der Waals surface area contributed by atoms with Gasteiger partial charge in [-0.3, -0.25) is 19.3 Å². The molecular weight excluding hydrogens is 224 g/mol. The maximum Gasteiger partial charge on any atom is 0.322 e. The highest BCUT2D eigenvalue weighted by atomic mass is 16.5. The van der Waals surface area contributed by atoms with E-state index in [0.29, 0.717) is 12.8 Å². The first-order valence-corrected chi connectivity index (χ1v) is 5.70. The second kappa shape index (κ2) is 4.44. The number of esters is 1. The Labute approximate surface area is 99.3 Å². The minimum absolute atomic E-state index is 0.0753. The van der Waals surface area contributed by atoms with Gasteiger partial charge in [-0.05, 0) is 19.9 Å². The molecule has 0 radical (unpaired) electrons. The number of hydrogen-bond donors (Lipinski definition) is 1. The Morgan fingerprint density at radius 3 is 2.53 bits per heavy atom. The second-order valence-electron chi connectivity index (χ2n) is 4.43. The summed E-state index contributed by atoms with van der Waals surface area (Å²) in [5.41, 5.74) is 0. The minimum atomic E-state index is -0.475. The monoisotopic (exact) mass is 240 g/mol. The molecule has 17 heavy (non-hydrogen) atoms. The topological polar surface area (TPSA) is 75.7 Å². The molecule has 2 aliphatic rings. The van der Waals surface area contributed by atoms with Crippen LogP contribution in [-0.4, -0.2) is 49.4 Å². The zero-order valence-electron chi connectivity index (χ0n) is 9.93. The highest BCUT2D eigenvalue weighted by molar-refractivity contribution is 6.08. The van der Waals surface area contributed by atoms with Gasteiger partial charge >= 0.3 is 5.97 Å². The molecule has 1 heterocycles. The van der Waals surface area contributed by atoms with Crippen molar-refractivity contribution in [2.75, 3.05) is 20.7 Å². The van der Waals surface area contributed by atoms with Crippen molar-refractivity contribution in [3.63, 3.8) is 0 Å². The molecule has 0 aromatic heterocycles. The predicted octanol–water partition coefficient (Wildman–Crippen LogP) is -0.858. The summed E-state index contributed by atoms with van der Waals surface area (Å²) in [5, 5.41) is 2.80. The Morgan fingerprint density at radius 1 is 1.47 bits per heavy atom. The van der Waals surface area contributed by atoms with Crippen LogP contribution in [0.1, 0.15) is 12.8 Å². The third-order valence-corrected chi connectivity index (χ3v) is 3.43. The Balaban J connectivity index is 1.87. The third kappa shape index (κ3) is 2.04. The van der Waals surface area contributed by atoms with E-state index in [1.54, 1.807) is 7.05 Å². The van der Waals surface area contributed by atoms with Crippen molar-refractivity contribution in [1.29, 1.82) is 0 Å². The number of nitrogens with one attached hydrogen (secondary N) is 1. The number of likely N-dealkylation sites (tertiary alicyclic amines) is 1. The van der Waals surface area contributed by atoms with Crippen molar-refractivity contribution >= 4 is 17.8 Å². The van der Waals surface area contributed by atoms with Gasteiger partial charge in [-0.25, -0.2) is 0 Å². The summed E-state index contributed by atoms with van der Waals surface area (Å²) in [4.78, 5) is 35.9. The molecule has 6 heteroatoms. The second-order valence-corrected chi connectivity index (χ2v) is 4.43. The Hall–Kier alpha value is -1.43. The van der Waals surface area contributed by atoms with Crippen LogP contribution in [0.15, 0.2) is 0 Å². The third-order valence-electron chi connectivity index (χ3n) is 3.43. The van der Waals surface area contributed by atoms with Crippen LogP contribution in [-0.2, 0) is 19.1 Å². The van der Waals surface area contributed by atoms with Gasteiger partial charge in [0.15, 0.2) is 0 Å². The molecule has 0 spiro atoms. The van der Waals surface area contributed by atoms with Crippen LogP contribution in [0, 0.1) is 11.8 Å². The number of hydrogen-bond acceptors (Lipinski definition) is 5. The molecular formula is C11H16N2O4. The van der Waals surface area contributed by atoms with Crippen molar-refractivity contribution in [3.8, 4) is 0 Å². The highest BCUT2D eigenvalue weighted by Crippen LogP contribution is 2.46. The number of rotatable bonds is 5. The maximum absolute atomic E-state index is 11.7. The lowest BCUT2D eigenvalue weighted by atomic mass is 10.2. The van der Waals surface area contributed by atoms with Gasteiger partial charge in [0.05, 0.1) is 18.9 Å². The zero-order valence-corrected chi connectivity index (χ0v) is 9.93. The van der Waals surface area contributed by atoms with Gasteiger partial charge < -0.3 is 10.1 Å². The van der Waals surface area contributed by atoms with Crippen molar-refractivity contribution in [3.05, 3.63) is 0 Å². The normalized spacial score (nSPS) is 28.0. The van der Waals surface area contributed by atoms with Crippen LogP contribution in [0.4, 0.5) is 0 Å². The molecule has 1 saturated carbocycles. The first-order valence-electron chi connectivity index (χ1n) is 5.70. The summed E-state index contributed by atoms with van der Waals surface area (Å²) in [6.07, 6.45) is 1.10. The summed E-state index contributed by atoms with van der Waals surface area (Å²) in [6.45, 7) is 0.283. The van der Waals surface area contributed by atoms with E-state index in [1.165, 1.54) is 12.0 Å². The van der Waals surface area contributed by atoms with Crippen LogP contribution < -0.4 is 5.32 Å². The van der Waals surface area contributed by atoms with E-state index in [-0.39, 0.29) is 36.2 Å². The molecule has 1 aliphatic heterocycles. The van der Waals surface area contributed by atoms with Gasteiger partial charge in [0.2, 0.25) is 11.8 Å². The number of likely N-dealkylation sites (N-methyl/N-ethyl adjacent to an activating group) is 1. The standard InChI is InChI=1S/C11H16N2O4/c1-12-8(11(16)17-2)3-4-13-9(14)6-5-7(6)10(13)15/h6-8,12H,3-5H2,1-2H3. The number of nitrogens with zero attached hydrogens (tertiary/aromatic N) is 1. The lowest BCUT2D eigenvalue weighted by molar-refractivity contribution is -0.146. The van der Waals surface area contributed by atoms with Gasteiger partial charge in [-0.15, -0.1) is 0 Å². The number of imide groups is 1. The molecule has 2 fully saturated rings. The fourth-order valence-electron chi connectivity index (χ4n) is 2.25. The fraction of sp³-hybridized carbons (Fsp3) is 0.727. The Morgan fingerprint density at radius 2 is 2.06 bits per heavy atom. The molecule has 0 aromatic rings. The smallest absolute Gasteiger partial charge is 0.322 e. The van der Waals surface area contributed by atoms with Gasteiger partial charge in [0.1, 0.15) is 6.04 Å². The van der Waals surface area contributed by atoms with E-state index >= 15 is 0 Å². The summed E-state index contributed by atoms with van der Waals surface area (Å²) >= 11 is 0. The lowest BCUT2D eigenvalue weighted by Crippen LogP contribution is -2.41. The first kappa shape index (κ1) is 12.0. The van der Waals surface area contributed by atoms with E-state index in [0.717, 1.165) is 0 Å². The molecule has 0 bridgehead atoms. The van der Waals surface area contributed by atoms with Crippen LogP contribution in [0.3, 0.4) is 0 Å². The van der Waals surface area contributed by atoms with E-state index in [9.17, 15) is 14.4 Å².